The SMILES string of the molecule is C#CCCCNCC1CC(O)C1. The minimum absolute atomic E-state index is 0.0255. The van der Waals surface area contributed by atoms with Crippen LogP contribution >= 0.6 is 0 Å². The summed E-state index contributed by atoms with van der Waals surface area (Å²) >= 11 is 0. The van der Waals surface area contributed by atoms with Crippen molar-refractivity contribution in [2.75, 3.05) is 13.1 Å². The highest BCUT2D eigenvalue weighted by Crippen LogP contribution is 2.25. The van der Waals surface area contributed by atoms with E-state index >= 15 is 0 Å². The fourth-order valence-electron chi connectivity index (χ4n) is 1.49. The van der Waals surface area contributed by atoms with Gasteiger partial charge in [-0.15, -0.1) is 12.3 Å². The molecule has 0 aromatic rings. The Bertz CT molecular complexity index is 156. The summed E-state index contributed by atoms with van der Waals surface area (Å²) in [6, 6.07) is 0. The maximum absolute atomic E-state index is 9.00. The molecule has 0 saturated heterocycles. The minimum atomic E-state index is -0.0255. The molecule has 0 bridgehead atoms. The number of hydrogen-bond donors (Lipinski definition) is 2. The van der Waals surface area contributed by atoms with Crippen molar-refractivity contribution in [3.8, 4) is 12.3 Å². The predicted molar refractivity (Wildman–Crippen MR) is 49.7 cm³/mol. The summed E-state index contributed by atoms with van der Waals surface area (Å²) in [7, 11) is 0. The summed E-state index contributed by atoms with van der Waals surface area (Å²) in [4.78, 5) is 0. The van der Waals surface area contributed by atoms with Crippen molar-refractivity contribution in [2.24, 2.45) is 5.92 Å². The Morgan fingerprint density at radius 2 is 2.25 bits per heavy atom. The molecule has 0 unspecified atom stereocenters. The highest BCUT2D eigenvalue weighted by Gasteiger charge is 2.26. The van der Waals surface area contributed by atoms with Crippen molar-refractivity contribution in [1.82, 2.24) is 5.32 Å². The molecule has 1 rings (SSSR count). The summed E-state index contributed by atoms with van der Waals surface area (Å²) in [6.07, 6.45) is 8.96. The second-order valence-corrected chi connectivity index (χ2v) is 3.50. The van der Waals surface area contributed by atoms with E-state index in [-0.39, 0.29) is 6.10 Å². The number of rotatable bonds is 5. The lowest BCUT2D eigenvalue weighted by molar-refractivity contribution is 0.0432. The molecule has 0 amide bonds. The molecular formula is C10H17NO. The summed E-state index contributed by atoms with van der Waals surface area (Å²) in [5.74, 6) is 3.31. The van der Waals surface area contributed by atoms with Gasteiger partial charge in [0.2, 0.25) is 0 Å². The summed E-state index contributed by atoms with van der Waals surface area (Å²) in [5, 5.41) is 12.3. The van der Waals surface area contributed by atoms with E-state index in [2.05, 4.69) is 11.2 Å². The first kappa shape index (κ1) is 9.57. The third kappa shape index (κ3) is 3.25. The van der Waals surface area contributed by atoms with Crippen LogP contribution in [-0.2, 0) is 0 Å². The molecule has 0 aromatic carbocycles. The molecule has 0 aliphatic heterocycles. The Kier molecular flexibility index (Phi) is 4.13. The molecule has 0 heterocycles. The Hall–Kier alpha value is -0.520. The van der Waals surface area contributed by atoms with Gasteiger partial charge in [-0.3, -0.25) is 0 Å². The molecule has 2 heteroatoms. The maximum Gasteiger partial charge on any atom is 0.0546 e. The van der Waals surface area contributed by atoms with Gasteiger partial charge in [-0.1, -0.05) is 0 Å². The molecule has 1 fully saturated rings. The first-order valence-electron chi connectivity index (χ1n) is 4.65. The zero-order chi connectivity index (χ0) is 8.81. The van der Waals surface area contributed by atoms with E-state index in [1.165, 1.54) is 0 Å². The molecule has 0 aromatic heterocycles. The lowest BCUT2D eigenvalue weighted by Crippen LogP contribution is -2.36. The second-order valence-electron chi connectivity index (χ2n) is 3.50. The number of aliphatic hydroxyl groups is 1. The molecule has 2 N–H and O–H groups in total. The topological polar surface area (TPSA) is 32.3 Å². The Morgan fingerprint density at radius 3 is 2.83 bits per heavy atom. The number of terminal acetylenes is 1. The Labute approximate surface area is 74.4 Å². The molecule has 0 spiro atoms. The first-order valence-corrected chi connectivity index (χ1v) is 4.65. The van der Waals surface area contributed by atoms with Gasteiger partial charge in [-0.25, -0.2) is 0 Å². The van der Waals surface area contributed by atoms with E-state index in [9.17, 15) is 0 Å². The molecule has 0 atom stereocenters. The highest BCUT2D eigenvalue weighted by atomic mass is 16.3. The largest absolute Gasteiger partial charge is 0.393 e. The Morgan fingerprint density at radius 1 is 1.50 bits per heavy atom. The van der Waals surface area contributed by atoms with E-state index in [4.69, 9.17) is 11.5 Å². The van der Waals surface area contributed by atoms with Crippen molar-refractivity contribution in [1.29, 1.82) is 0 Å². The maximum atomic E-state index is 9.00. The summed E-state index contributed by atoms with van der Waals surface area (Å²) in [5.41, 5.74) is 0. The molecule has 12 heavy (non-hydrogen) atoms. The highest BCUT2D eigenvalue weighted by molar-refractivity contribution is 4.84. The lowest BCUT2D eigenvalue weighted by atomic mass is 9.82. The van der Waals surface area contributed by atoms with Crippen LogP contribution in [-0.4, -0.2) is 24.3 Å². The van der Waals surface area contributed by atoms with E-state index in [1.54, 1.807) is 0 Å². The summed E-state index contributed by atoms with van der Waals surface area (Å²) in [6.45, 7) is 2.05. The van der Waals surface area contributed by atoms with E-state index in [0.717, 1.165) is 38.8 Å². The van der Waals surface area contributed by atoms with Gasteiger partial charge < -0.3 is 10.4 Å². The summed E-state index contributed by atoms with van der Waals surface area (Å²) < 4.78 is 0. The van der Waals surface area contributed by atoms with Crippen molar-refractivity contribution >= 4 is 0 Å². The quantitative estimate of drug-likeness (QED) is 0.468. The second kappa shape index (κ2) is 5.18. The predicted octanol–water partition coefficient (Wildman–Crippen LogP) is 0.760. The molecule has 1 aliphatic rings. The third-order valence-corrected chi connectivity index (χ3v) is 2.32. The van der Waals surface area contributed by atoms with Gasteiger partial charge in [0.1, 0.15) is 0 Å². The standard InChI is InChI=1S/C10H17NO/c1-2-3-4-5-11-8-9-6-10(12)7-9/h1,9-12H,3-8H2. The van der Waals surface area contributed by atoms with Gasteiger partial charge in [-0.05, 0) is 38.3 Å². The van der Waals surface area contributed by atoms with Crippen molar-refractivity contribution in [2.45, 2.75) is 31.8 Å². The zero-order valence-electron chi connectivity index (χ0n) is 7.42. The van der Waals surface area contributed by atoms with Crippen molar-refractivity contribution in [3.63, 3.8) is 0 Å². The average molecular weight is 167 g/mol. The number of aliphatic hydroxyl groups excluding tert-OH is 1. The molecule has 1 saturated carbocycles. The van der Waals surface area contributed by atoms with Crippen LogP contribution in [0, 0.1) is 18.3 Å². The van der Waals surface area contributed by atoms with Crippen LogP contribution < -0.4 is 5.32 Å². The molecule has 0 radical (unpaired) electrons. The van der Waals surface area contributed by atoms with Crippen LogP contribution in [0.5, 0.6) is 0 Å². The average Bonchev–Trinajstić information content (AvgIpc) is 2.00. The van der Waals surface area contributed by atoms with Gasteiger partial charge in [0, 0.05) is 6.42 Å². The van der Waals surface area contributed by atoms with Crippen LogP contribution in [0.15, 0.2) is 0 Å². The zero-order valence-corrected chi connectivity index (χ0v) is 7.42. The van der Waals surface area contributed by atoms with Crippen LogP contribution in [0.2, 0.25) is 0 Å². The van der Waals surface area contributed by atoms with Gasteiger partial charge in [0.15, 0.2) is 0 Å². The third-order valence-electron chi connectivity index (χ3n) is 2.32. The van der Waals surface area contributed by atoms with Crippen LogP contribution in [0.4, 0.5) is 0 Å². The fraction of sp³-hybridized carbons (Fsp3) is 0.800. The van der Waals surface area contributed by atoms with Gasteiger partial charge in [0.05, 0.1) is 6.10 Å². The van der Waals surface area contributed by atoms with Gasteiger partial charge >= 0.3 is 0 Å². The van der Waals surface area contributed by atoms with Crippen LogP contribution in [0.1, 0.15) is 25.7 Å². The van der Waals surface area contributed by atoms with Crippen LogP contribution in [0.3, 0.4) is 0 Å². The van der Waals surface area contributed by atoms with Gasteiger partial charge in [0.25, 0.3) is 0 Å². The van der Waals surface area contributed by atoms with E-state index in [0.29, 0.717) is 5.92 Å². The van der Waals surface area contributed by atoms with Gasteiger partial charge in [-0.2, -0.15) is 0 Å². The molecule has 2 nitrogen and oxygen atoms in total. The number of unbranched alkanes of at least 4 members (excludes halogenated alkanes) is 1. The molecular weight excluding hydrogens is 150 g/mol. The fourth-order valence-corrected chi connectivity index (χ4v) is 1.49. The van der Waals surface area contributed by atoms with Crippen molar-refractivity contribution in [3.05, 3.63) is 0 Å². The van der Waals surface area contributed by atoms with E-state index < -0.39 is 0 Å². The van der Waals surface area contributed by atoms with E-state index in [1.807, 2.05) is 0 Å². The lowest BCUT2D eigenvalue weighted by Gasteiger charge is -2.31. The van der Waals surface area contributed by atoms with Crippen LogP contribution in [0.25, 0.3) is 0 Å². The smallest absolute Gasteiger partial charge is 0.0546 e. The number of nitrogens with one attached hydrogen (secondary N) is 1. The first-order chi connectivity index (χ1) is 5.83. The molecule has 1 aliphatic carbocycles. The molecule has 68 valence electrons. The normalized spacial score (nSPS) is 27.7. The minimum Gasteiger partial charge on any atom is -0.393 e. The monoisotopic (exact) mass is 167 g/mol. The van der Waals surface area contributed by atoms with Crippen molar-refractivity contribution < 1.29 is 5.11 Å². The number of hydrogen-bond acceptors (Lipinski definition) is 2. The Balaban J connectivity index is 1.81.